The summed E-state index contributed by atoms with van der Waals surface area (Å²) in [6.07, 6.45) is 2.04. The summed E-state index contributed by atoms with van der Waals surface area (Å²) in [6.45, 7) is 5.46. The second-order valence-corrected chi connectivity index (χ2v) is 7.73. The van der Waals surface area contributed by atoms with Gasteiger partial charge in [0.05, 0.1) is 5.75 Å². The monoisotopic (exact) mass is 290 g/mol. The van der Waals surface area contributed by atoms with Gasteiger partial charge in [0.15, 0.2) is 0 Å². The molecular formula is C12H22N2O4S. The van der Waals surface area contributed by atoms with Crippen LogP contribution < -0.4 is 5.32 Å². The van der Waals surface area contributed by atoms with Gasteiger partial charge in [-0.1, -0.05) is 6.92 Å². The van der Waals surface area contributed by atoms with Gasteiger partial charge in [-0.15, -0.1) is 0 Å². The lowest BCUT2D eigenvalue weighted by Crippen LogP contribution is -2.68. The molecule has 0 aromatic rings. The molecule has 2 amide bonds. The van der Waals surface area contributed by atoms with Gasteiger partial charge in [0, 0.05) is 12.8 Å². The second-order valence-electron chi connectivity index (χ2n) is 5.47. The topological polar surface area (TPSA) is 83.6 Å². The van der Waals surface area contributed by atoms with Gasteiger partial charge in [-0.05, 0) is 26.7 Å². The highest BCUT2D eigenvalue weighted by Gasteiger charge is 2.45. The van der Waals surface area contributed by atoms with Crippen molar-refractivity contribution in [3.63, 3.8) is 0 Å². The molecule has 0 aliphatic carbocycles. The quantitative estimate of drug-likeness (QED) is 0.768. The van der Waals surface area contributed by atoms with Crippen LogP contribution in [0.25, 0.3) is 0 Å². The third-order valence-electron chi connectivity index (χ3n) is 3.41. The van der Waals surface area contributed by atoms with Crippen molar-refractivity contribution in [2.45, 2.75) is 45.2 Å². The molecule has 0 bridgehead atoms. The number of rotatable bonds is 5. The minimum absolute atomic E-state index is 0.0191. The number of carbonyl (C=O) groups is 2. The first-order chi connectivity index (χ1) is 8.59. The molecule has 6 nitrogen and oxygen atoms in total. The molecule has 1 aliphatic rings. The Kier molecular flexibility index (Phi) is 4.60. The lowest BCUT2D eigenvalue weighted by molar-refractivity contribution is -0.155. The van der Waals surface area contributed by atoms with Gasteiger partial charge < -0.3 is 10.2 Å². The largest absolute Gasteiger partial charge is 0.342 e. The van der Waals surface area contributed by atoms with E-state index in [0.717, 1.165) is 6.26 Å². The lowest BCUT2D eigenvalue weighted by atomic mass is 9.94. The maximum absolute atomic E-state index is 12.2. The van der Waals surface area contributed by atoms with Crippen LogP contribution in [0.2, 0.25) is 0 Å². The van der Waals surface area contributed by atoms with E-state index < -0.39 is 21.4 Å². The van der Waals surface area contributed by atoms with Gasteiger partial charge in [0.2, 0.25) is 11.8 Å². The zero-order valence-corrected chi connectivity index (χ0v) is 12.7. The Bertz CT molecular complexity index is 470. The Hall–Kier alpha value is -1.11. The maximum Gasteiger partial charge on any atom is 0.246 e. The van der Waals surface area contributed by atoms with Gasteiger partial charge in [0.25, 0.3) is 0 Å². The minimum atomic E-state index is -3.05. The minimum Gasteiger partial charge on any atom is -0.342 e. The summed E-state index contributed by atoms with van der Waals surface area (Å²) >= 11 is 0. The van der Waals surface area contributed by atoms with Crippen molar-refractivity contribution in [2.75, 3.05) is 18.6 Å². The van der Waals surface area contributed by atoms with Gasteiger partial charge in [0.1, 0.15) is 21.4 Å². The summed E-state index contributed by atoms with van der Waals surface area (Å²) in [6, 6.07) is -0.501. The third-order valence-corrected chi connectivity index (χ3v) is 4.44. The Morgan fingerprint density at radius 2 is 1.89 bits per heavy atom. The van der Waals surface area contributed by atoms with Crippen LogP contribution in [0.15, 0.2) is 0 Å². The molecule has 1 unspecified atom stereocenters. The van der Waals surface area contributed by atoms with E-state index in [9.17, 15) is 18.0 Å². The van der Waals surface area contributed by atoms with Crippen molar-refractivity contribution >= 4 is 21.7 Å². The van der Waals surface area contributed by atoms with Crippen LogP contribution in [-0.4, -0.2) is 55.3 Å². The SMILES string of the molecule is CCC1NC(=O)C(C)(C)N(CCCS(C)(=O)=O)C1=O. The molecular weight excluding hydrogens is 268 g/mol. The molecule has 0 saturated carbocycles. The van der Waals surface area contributed by atoms with Crippen LogP contribution in [-0.2, 0) is 19.4 Å². The summed E-state index contributed by atoms with van der Waals surface area (Å²) in [7, 11) is -3.05. The van der Waals surface area contributed by atoms with E-state index in [2.05, 4.69) is 5.32 Å². The number of nitrogens with one attached hydrogen (secondary N) is 1. The van der Waals surface area contributed by atoms with Crippen molar-refractivity contribution in [1.29, 1.82) is 0 Å². The van der Waals surface area contributed by atoms with Crippen LogP contribution in [0, 0.1) is 0 Å². The normalized spacial score (nSPS) is 23.4. The number of sulfone groups is 1. The smallest absolute Gasteiger partial charge is 0.246 e. The number of piperazine rings is 1. The molecule has 1 aliphatic heterocycles. The van der Waals surface area contributed by atoms with E-state index in [0.29, 0.717) is 12.8 Å². The predicted molar refractivity (Wildman–Crippen MR) is 72.3 cm³/mol. The highest BCUT2D eigenvalue weighted by atomic mass is 32.2. The molecule has 1 heterocycles. The molecule has 1 fully saturated rings. The Morgan fingerprint density at radius 1 is 1.32 bits per heavy atom. The number of nitrogens with zero attached hydrogens (tertiary/aromatic N) is 1. The standard InChI is InChI=1S/C12H22N2O4S/c1-5-9-10(15)14(7-6-8-19(4,17)18)12(2,3)11(16)13-9/h9H,5-8H2,1-4H3,(H,13,16). The summed E-state index contributed by atoms with van der Waals surface area (Å²) < 4.78 is 22.2. The molecule has 1 saturated heterocycles. The molecule has 1 rings (SSSR count). The van der Waals surface area contributed by atoms with E-state index in [1.807, 2.05) is 6.92 Å². The molecule has 0 aromatic carbocycles. The fourth-order valence-corrected chi connectivity index (χ4v) is 2.79. The Labute approximate surface area is 114 Å². The zero-order valence-electron chi connectivity index (χ0n) is 11.9. The highest BCUT2D eigenvalue weighted by Crippen LogP contribution is 2.22. The number of carbonyl (C=O) groups excluding carboxylic acids is 2. The van der Waals surface area contributed by atoms with Crippen LogP contribution >= 0.6 is 0 Å². The first-order valence-electron chi connectivity index (χ1n) is 6.39. The second kappa shape index (κ2) is 5.48. The van der Waals surface area contributed by atoms with Crippen molar-refractivity contribution in [3.8, 4) is 0 Å². The van der Waals surface area contributed by atoms with E-state index in [4.69, 9.17) is 0 Å². The maximum atomic E-state index is 12.2. The van der Waals surface area contributed by atoms with Crippen LogP contribution in [0.5, 0.6) is 0 Å². The van der Waals surface area contributed by atoms with Crippen molar-refractivity contribution in [3.05, 3.63) is 0 Å². The third kappa shape index (κ3) is 3.68. The van der Waals surface area contributed by atoms with Gasteiger partial charge in [-0.25, -0.2) is 8.42 Å². The molecule has 1 N–H and O–H groups in total. The summed E-state index contributed by atoms with van der Waals surface area (Å²) in [4.78, 5) is 25.7. The molecule has 0 spiro atoms. The molecule has 7 heteroatoms. The molecule has 1 atom stereocenters. The fourth-order valence-electron chi connectivity index (χ4n) is 2.13. The van der Waals surface area contributed by atoms with Crippen LogP contribution in [0.3, 0.4) is 0 Å². The average Bonchev–Trinajstić information content (AvgIpc) is 2.27. The van der Waals surface area contributed by atoms with Crippen molar-refractivity contribution in [2.24, 2.45) is 0 Å². The van der Waals surface area contributed by atoms with E-state index >= 15 is 0 Å². The van der Waals surface area contributed by atoms with Gasteiger partial charge in [-0.2, -0.15) is 0 Å². The average molecular weight is 290 g/mol. The van der Waals surface area contributed by atoms with E-state index in [1.54, 1.807) is 13.8 Å². The van der Waals surface area contributed by atoms with E-state index in [1.165, 1.54) is 4.90 Å². The van der Waals surface area contributed by atoms with Gasteiger partial charge >= 0.3 is 0 Å². The van der Waals surface area contributed by atoms with Gasteiger partial charge in [-0.3, -0.25) is 9.59 Å². The lowest BCUT2D eigenvalue weighted by Gasteiger charge is -2.44. The first kappa shape index (κ1) is 15.9. The first-order valence-corrected chi connectivity index (χ1v) is 8.46. The fraction of sp³-hybridized carbons (Fsp3) is 0.833. The molecule has 0 aromatic heterocycles. The molecule has 110 valence electrons. The van der Waals surface area contributed by atoms with Crippen molar-refractivity contribution in [1.82, 2.24) is 10.2 Å². The van der Waals surface area contributed by atoms with E-state index in [-0.39, 0.29) is 24.1 Å². The molecule has 19 heavy (non-hydrogen) atoms. The highest BCUT2D eigenvalue weighted by molar-refractivity contribution is 7.90. The number of hydrogen-bond donors (Lipinski definition) is 1. The summed E-state index contributed by atoms with van der Waals surface area (Å²) in [5, 5.41) is 2.69. The predicted octanol–water partition coefficient (Wildman–Crippen LogP) is -0.0633. The summed E-state index contributed by atoms with van der Waals surface area (Å²) in [5.41, 5.74) is -0.930. The van der Waals surface area contributed by atoms with Crippen molar-refractivity contribution < 1.29 is 18.0 Å². The van der Waals surface area contributed by atoms with Crippen LogP contribution in [0.4, 0.5) is 0 Å². The zero-order chi connectivity index (χ0) is 14.8. The molecule has 0 radical (unpaired) electrons. The number of hydrogen-bond acceptors (Lipinski definition) is 4. The Morgan fingerprint density at radius 3 is 2.37 bits per heavy atom. The Balaban J connectivity index is 2.81. The summed E-state index contributed by atoms with van der Waals surface area (Å²) in [5.74, 6) is -0.315. The van der Waals surface area contributed by atoms with Crippen LogP contribution in [0.1, 0.15) is 33.6 Å². The number of amides is 2.